The number of rotatable bonds is 1. The molecule has 2 aromatic heterocycles. The lowest BCUT2D eigenvalue weighted by Gasteiger charge is -2.31. The van der Waals surface area contributed by atoms with Crippen molar-refractivity contribution in [3.8, 4) is 0 Å². The van der Waals surface area contributed by atoms with E-state index in [1.165, 1.54) is 0 Å². The lowest BCUT2D eigenvalue weighted by molar-refractivity contribution is 0.154. The largest absolute Gasteiger partial charge is 0.391 e. The number of aryl methyl sites for hydroxylation is 1. The number of hydrogen-bond donors (Lipinski definition) is 1. The molecule has 1 N–H and O–H groups in total. The third-order valence-electron chi connectivity index (χ3n) is 4.10. The zero-order valence-electron chi connectivity index (χ0n) is 12.0. The highest BCUT2D eigenvalue weighted by Gasteiger charge is 2.21. The topological polar surface area (TPSA) is 53.7 Å². The fraction of sp³-hybridized carbons (Fsp3) is 0.375. The maximum absolute atomic E-state index is 9.94. The number of piperidine rings is 1. The van der Waals surface area contributed by atoms with Crippen LogP contribution in [-0.4, -0.2) is 38.9 Å². The second-order valence-corrected chi connectivity index (χ2v) is 5.75. The van der Waals surface area contributed by atoms with Crippen LogP contribution in [0.15, 0.2) is 30.3 Å². The van der Waals surface area contributed by atoms with E-state index >= 15 is 0 Å². The summed E-state index contributed by atoms with van der Waals surface area (Å²) < 4.78 is 1.90. The summed E-state index contributed by atoms with van der Waals surface area (Å²) in [5.41, 5.74) is 2.88. The van der Waals surface area contributed by atoms with Crippen LogP contribution >= 0.6 is 0 Å². The number of aliphatic hydroxyl groups is 1. The van der Waals surface area contributed by atoms with Crippen LogP contribution in [0.2, 0.25) is 0 Å². The molecule has 1 saturated heterocycles. The summed E-state index contributed by atoms with van der Waals surface area (Å²) in [5.74, 6) is 0.955. The molecule has 3 heterocycles. The zero-order valence-corrected chi connectivity index (χ0v) is 12.0. The van der Waals surface area contributed by atoms with Crippen molar-refractivity contribution >= 4 is 22.4 Å². The molecule has 4 rings (SSSR count). The fourth-order valence-corrected chi connectivity index (χ4v) is 3.15. The molecule has 21 heavy (non-hydrogen) atoms. The monoisotopic (exact) mass is 282 g/mol. The van der Waals surface area contributed by atoms with Gasteiger partial charge in [0.2, 0.25) is 0 Å². The molecule has 0 radical (unpaired) electrons. The molecule has 0 amide bonds. The van der Waals surface area contributed by atoms with E-state index in [2.05, 4.69) is 22.1 Å². The van der Waals surface area contributed by atoms with Crippen LogP contribution in [0.3, 0.4) is 0 Å². The molecular formula is C16H18N4O. The predicted molar refractivity (Wildman–Crippen MR) is 82.7 cm³/mol. The van der Waals surface area contributed by atoms with E-state index in [1.54, 1.807) is 0 Å². The standard InChI is InChI=1S/C16H18N4O/c1-11-9-15-17-16(19-8-4-5-12(21)10-19)13-6-2-3-7-14(13)20(15)18-11/h2-3,6-7,9,12,21H,4-5,8,10H2,1H3/t12-/m0/s1. The molecule has 1 fully saturated rings. The summed E-state index contributed by atoms with van der Waals surface area (Å²) >= 11 is 0. The van der Waals surface area contributed by atoms with Crippen LogP contribution in [0.4, 0.5) is 5.82 Å². The molecule has 0 bridgehead atoms. The van der Waals surface area contributed by atoms with Crippen LogP contribution in [0, 0.1) is 6.92 Å². The molecule has 5 heteroatoms. The Morgan fingerprint density at radius 3 is 3.00 bits per heavy atom. The van der Waals surface area contributed by atoms with E-state index in [1.807, 2.05) is 29.6 Å². The summed E-state index contributed by atoms with van der Waals surface area (Å²) in [6.45, 7) is 3.57. The Balaban J connectivity index is 1.97. The van der Waals surface area contributed by atoms with Gasteiger partial charge in [-0.2, -0.15) is 5.10 Å². The van der Waals surface area contributed by atoms with Gasteiger partial charge in [0.25, 0.3) is 0 Å². The molecule has 0 spiro atoms. The lowest BCUT2D eigenvalue weighted by atomic mass is 10.1. The highest BCUT2D eigenvalue weighted by Crippen LogP contribution is 2.28. The normalized spacial score (nSPS) is 19.5. The first kappa shape index (κ1) is 12.6. The van der Waals surface area contributed by atoms with Crippen molar-refractivity contribution in [3.05, 3.63) is 36.0 Å². The number of β-amino-alcohol motifs (C(OH)–C–C–N with tert-alkyl or cyclic N) is 1. The lowest BCUT2D eigenvalue weighted by Crippen LogP contribution is -2.38. The Bertz CT molecular complexity index is 810. The van der Waals surface area contributed by atoms with Gasteiger partial charge in [0, 0.05) is 24.5 Å². The second kappa shape index (κ2) is 4.70. The molecule has 0 aliphatic carbocycles. The molecule has 108 valence electrons. The van der Waals surface area contributed by atoms with Gasteiger partial charge < -0.3 is 10.0 Å². The first-order chi connectivity index (χ1) is 10.2. The van der Waals surface area contributed by atoms with Gasteiger partial charge in [-0.25, -0.2) is 9.50 Å². The molecule has 5 nitrogen and oxygen atoms in total. The molecule has 0 unspecified atom stereocenters. The maximum atomic E-state index is 9.94. The van der Waals surface area contributed by atoms with Crippen LogP contribution < -0.4 is 4.90 Å². The van der Waals surface area contributed by atoms with Gasteiger partial charge in [0.05, 0.1) is 17.3 Å². The molecule has 0 saturated carbocycles. The van der Waals surface area contributed by atoms with E-state index in [9.17, 15) is 5.11 Å². The Hall–Kier alpha value is -2.14. The van der Waals surface area contributed by atoms with E-state index in [4.69, 9.17) is 4.98 Å². The zero-order chi connectivity index (χ0) is 14.4. The Labute approximate surface area is 122 Å². The smallest absolute Gasteiger partial charge is 0.158 e. The van der Waals surface area contributed by atoms with Crippen molar-refractivity contribution in [2.75, 3.05) is 18.0 Å². The Morgan fingerprint density at radius 1 is 1.29 bits per heavy atom. The molecule has 1 atom stereocenters. The number of anilines is 1. The van der Waals surface area contributed by atoms with E-state index < -0.39 is 0 Å². The number of aromatic nitrogens is 3. The minimum atomic E-state index is -0.262. The van der Waals surface area contributed by atoms with Gasteiger partial charge >= 0.3 is 0 Å². The van der Waals surface area contributed by atoms with Crippen LogP contribution in [0.1, 0.15) is 18.5 Å². The summed E-state index contributed by atoms with van der Waals surface area (Å²) in [6, 6.07) is 10.2. The first-order valence-corrected chi connectivity index (χ1v) is 7.40. The molecule has 1 aliphatic heterocycles. The van der Waals surface area contributed by atoms with Crippen molar-refractivity contribution < 1.29 is 5.11 Å². The van der Waals surface area contributed by atoms with Crippen molar-refractivity contribution in [2.45, 2.75) is 25.9 Å². The number of benzene rings is 1. The second-order valence-electron chi connectivity index (χ2n) is 5.75. The quantitative estimate of drug-likeness (QED) is 0.743. The van der Waals surface area contributed by atoms with Gasteiger partial charge in [0.15, 0.2) is 5.65 Å². The van der Waals surface area contributed by atoms with E-state index in [-0.39, 0.29) is 6.10 Å². The number of para-hydroxylation sites is 1. The summed E-state index contributed by atoms with van der Waals surface area (Å²) in [7, 11) is 0. The Kier molecular flexibility index (Phi) is 2.82. The van der Waals surface area contributed by atoms with Crippen LogP contribution in [0.25, 0.3) is 16.6 Å². The van der Waals surface area contributed by atoms with Gasteiger partial charge in [0.1, 0.15) is 5.82 Å². The molecule has 3 aromatic rings. The predicted octanol–water partition coefficient (Wildman–Crippen LogP) is 2.15. The summed E-state index contributed by atoms with van der Waals surface area (Å²) in [4.78, 5) is 6.99. The molecular weight excluding hydrogens is 264 g/mol. The third kappa shape index (κ3) is 2.05. The minimum Gasteiger partial charge on any atom is -0.391 e. The van der Waals surface area contributed by atoms with Gasteiger partial charge in [-0.3, -0.25) is 0 Å². The maximum Gasteiger partial charge on any atom is 0.158 e. The van der Waals surface area contributed by atoms with Crippen molar-refractivity contribution in [2.24, 2.45) is 0 Å². The number of nitrogens with zero attached hydrogens (tertiary/aromatic N) is 4. The average Bonchev–Trinajstić information content (AvgIpc) is 2.87. The van der Waals surface area contributed by atoms with E-state index in [0.717, 1.165) is 47.4 Å². The summed E-state index contributed by atoms with van der Waals surface area (Å²) in [6.07, 6.45) is 1.62. The van der Waals surface area contributed by atoms with Crippen LogP contribution in [-0.2, 0) is 0 Å². The third-order valence-corrected chi connectivity index (χ3v) is 4.10. The van der Waals surface area contributed by atoms with E-state index in [0.29, 0.717) is 6.54 Å². The first-order valence-electron chi connectivity index (χ1n) is 7.40. The van der Waals surface area contributed by atoms with Gasteiger partial charge in [-0.15, -0.1) is 0 Å². The average molecular weight is 282 g/mol. The van der Waals surface area contributed by atoms with Crippen molar-refractivity contribution in [3.63, 3.8) is 0 Å². The number of fused-ring (bicyclic) bond motifs is 3. The van der Waals surface area contributed by atoms with Gasteiger partial charge in [-0.1, -0.05) is 12.1 Å². The number of aliphatic hydroxyl groups excluding tert-OH is 1. The van der Waals surface area contributed by atoms with Crippen molar-refractivity contribution in [1.82, 2.24) is 14.6 Å². The molecule has 1 aliphatic rings. The fourth-order valence-electron chi connectivity index (χ4n) is 3.15. The SMILES string of the molecule is Cc1cc2nc(N3CCC[C@H](O)C3)c3ccccc3n2n1. The van der Waals surface area contributed by atoms with Gasteiger partial charge in [-0.05, 0) is 31.9 Å². The highest BCUT2D eigenvalue weighted by molar-refractivity contribution is 5.91. The Morgan fingerprint density at radius 2 is 2.14 bits per heavy atom. The summed E-state index contributed by atoms with van der Waals surface area (Å²) in [5, 5.41) is 15.6. The highest BCUT2D eigenvalue weighted by atomic mass is 16.3. The molecule has 1 aromatic carbocycles. The van der Waals surface area contributed by atoms with Crippen molar-refractivity contribution in [1.29, 1.82) is 0 Å². The number of hydrogen-bond acceptors (Lipinski definition) is 4. The minimum absolute atomic E-state index is 0.262. The van der Waals surface area contributed by atoms with Crippen LogP contribution in [0.5, 0.6) is 0 Å².